The minimum absolute atomic E-state index is 0.00805. The molecule has 4 aliphatic rings. The van der Waals surface area contributed by atoms with Crippen LogP contribution in [0, 0.1) is 68.0 Å². The Morgan fingerprint density at radius 1 is 1.08 bits per heavy atom. The van der Waals surface area contributed by atoms with E-state index >= 15 is 0 Å². The molecule has 0 aromatic carbocycles. The molecule has 0 saturated heterocycles. The predicted octanol–water partition coefficient (Wildman–Crippen LogP) is 7.08. The van der Waals surface area contributed by atoms with Crippen molar-refractivity contribution in [2.45, 2.75) is 92.4 Å². The van der Waals surface area contributed by atoms with Gasteiger partial charge in [-0.15, -0.1) is 0 Å². The van der Waals surface area contributed by atoms with Crippen LogP contribution in [-0.2, 0) is 19.1 Å². The average Bonchev–Trinajstić information content (AvgIpc) is 3.28. The molecule has 0 radical (unpaired) electrons. The van der Waals surface area contributed by atoms with E-state index in [1.165, 1.54) is 7.11 Å². The van der Waals surface area contributed by atoms with Crippen LogP contribution >= 0.6 is 15.9 Å². The lowest BCUT2D eigenvalue weighted by atomic mass is 9.33. The van der Waals surface area contributed by atoms with Gasteiger partial charge in [0.05, 0.1) is 23.9 Å². The number of carbonyl (C=O) groups is 3. The third-order valence-corrected chi connectivity index (χ3v) is 13.6. The topological polar surface area (TPSA) is 84.2 Å². The van der Waals surface area contributed by atoms with Crippen LogP contribution in [0.15, 0.2) is 12.2 Å². The summed E-state index contributed by atoms with van der Waals surface area (Å²) in [4.78, 5) is 38.4. The number of allylic oxidation sites excluding steroid dienone is 1. The third kappa shape index (κ3) is 3.76. The number of ketones is 1. The second kappa shape index (κ2) is 9.86. The quantitative estimate of drug-likeness (QED) is 0.137. The number of methoxy groups -OCH3 is 1. The van der Waals surface area contributed by atoms with Gasteiger partial charge in [-0.1, -0.05) is 57.1 Å². The van der Waals surface area contributed by atoms with Crippen LogP contribution in [0.2, 0.25) is 0 Å². The summed E-state index contributed by atoms with van der Waals surface area (Å²) in [6, 6.07) is 2.53. The van der Waals surface area contributed by atoms with Gasteiger partial charge in [0.1, 0.15) is 12.1 Å². The summed E-state index contributed by atoms with van der Waals surface area (Å²) in [6.45, 7) is 15.5. The van der Waals surface area contributed by atoms with Crippen molar-refractivity contribution in [2.24, 2.45) is 56.7 Å². The van der Waals surface area contributed by atoms with Crippen LogP contribution in [-0.4, -0.2) is 30.5 Å². The fourth-order valence-corrected chi connectivity index (χ4v) is 11.7. The maximum absolute atomic E-state index is 13.4. The number of esters is 1. The Hall–Kier alpha value is -1.48. The third-order valence-electron chi connectivity index (χ3n) is 13.1. The molecule has 0 N–H and O–H groups in total. The second-order valence-corrected chi connectivity index (χ2v) is 14.9. The smallest absolute Gasteiger partial charge is 0.312 e. The van der Waals surface area contributed by atoms with Gasteiger partial charge in [-0.3, -0.25) is 14.4 Å². The van der Waals surface area contributed by atoms with Crippen LogP contribution < -0.4 is 0 Å². The van der Waals surface area contributed by atoms with Gasteiger partial charge in [0.25, 0.3) is 0 Å². The van der Waals surface area contributed by atoms with Crippen LogP contribution in [0.5, 0.6) is 0 Å². The molecule has 4 saturated carbocycles. The van der Waals surface area contributed by atoms with Crippen molar-refractivity contribution in [3.63, 3.8) is 0 Å². The molecule has 210 valence electrons. The number of alkyl halides is 1. The first-order chi connectivity index (χ1) is 17.7. The molecule has 4 rings (SSSR count). The molecule has 0 unspecified atom stereocenters. The molecular weight excluding hydrogens is 542 g/mol. The van der Waals surface area contributed by atoms with E-state index in [-0.39, 0.29) is 51.7 Å². The highest BCUT2D eigenvalue weighted by Crippen LogP contribution is 2.76. The number of nitriles is 1. The molecule has 0 aliphatic heterocycles. The number of Topliss-reactive ketones (excluding diaryl/α,β-unsaturated/α-hetero) is 1. The summed E-state index contributed by atoms with van der Waals surface area (Å²) < 4.78 is 5.42. The summed E-state index contributed by atoms with van der Waals surface area (Å²) in [7, 11) is 1.49. The molecule has 0 aromatic heterocycles. The Labute approximate surface area is 237 Å². The van der Waals surface area contributed by atoms with E-state index in [0.29, 0.717) is 23.2 Å². The molecule has 4 fully saturated rings. The number of hydrogen-bond donors (Lipinski definition) is 0. The van der Waals surface area contributed by atoms with Gasteiger partial charge >= 0.3 is 5.97 Å². The van der Waals surface area contributed by atoms with Gasteiger partial charge < -0.3 is 4.74 Å². The standard InChI is InChI=1S/C32H46BrNO4/c1-20(19-35)21-10-13-32(27(37)38-7)15-14-30(5)22(26(21)32)8-9-24-29(4,16-17-34)23(11-12-31(24,30)6)28(2,3)25(36)18-33/h19,21-24,26H,1,8-16,18H2,2-7H3/t21-,22+,23-,24+,26+,29-,30+,31+,32-/m0/s1. The average molecular weight is 589 g/mol. The monoisotopic (exact) mass is 587 g/mol. The van der Waals surface area contributed by atoms with Crippen LogP contribution in [0.3, 0.4) is 0 Å². The first-order valence-electron chi connectivity index (χ1n) is 14.4. The fourth-order valence-electron chi connectivity index (χ4n) is 11.0. The summed E-state index contributed by atoms with van der Waals surface area (Å²) in [6.07, 6.45) is 8.46. The highest BCUT2D eigenvalue weighted by Gasteiger charge is 2.71. The zero-order chi connectivity index (χ0) is 28.3. The van der Waals surface area contributed by atoms with Crippen molar-refractivity contribution < 1.29 is 19.1 Å². The molecule has 6 heteroatoms. The summed E-state index contributed by atoms with van der Waals surface area (Å²) >= 11 is 3.41. The van der Waals surface area contributed by atoms with E-state index in [0.717, 1.165) is 57.7 Å². The number of nitrogens with zero attached hydrogens (tertiary/aromatic N) is 1. The van der Waals surface area contributed by atoms with E-state index < -0.39 is 10.8 Å². The van der Waals surface area contributed by atoms with E-state index in [1.807, 2.05) is 0 Å². The number of aldehydes is 1. The molecular formula is C32H46BrNO4. The highest BCUT2D eigenvalue weighted by atomic mass is 79.9. The molecule has 0 spiro atoms. The number of hydrogen-bond acceptors (Lipinski definition) is 5. The van der Waals surface area contributed by atoms with Crippen molar-refractivity contribution in [3.8, 4) is 6.07 Å². The van der Waals surface area contributed by atoms with Crippen molar-refractivity contribution in [2.75, 3.05) is 12.4 Å². The molecule has 4 aliphatic carbocycles. The Kier molecular flexibility index (Phi) is 7.65. The molecule has 9 atom stereocenters. The van der Waals surface area contributed by atoms with Crippen LogP contribution in [0.4, 0.5) is 0 Å². The lowest BCUT2D eigenvalue weighted by Crippen LogP contribution is -2.66. The maximum Gasteiger partial charge on any atom is 0.312 e. The molecule has 0 bridgehead atoms. The molecule has 5 nitrogen and oxygen atoms in total. The summed E-state index contributed by atoms with van der Waals surface area (Å²) in [5.74, 6) is 0.856. The molecule has 0 amide bonds. The van der Waals surface area contributed by atoms with Crippen molar-refractivity contribution in [1.82, 2.24) is 0 Å². The Balaban J connectivity index is 1.81. The Bertz CT molecular complexity index is 1060. The van der Waals surface area contributed by atoms with Crippen molar-refractivity contribution in [3.05, 3.63) is 12.2 Å². The van der Waals surface area contributed by atoms with E-state index in [2.05, 4.69) is 63.2 Å². The molecule has 0 heterocycles. The van der Waals surface area contributed by atoms with Gasteiger partial charge in [-0.2, -0.15) is 5.26 Å². The highest BCUT2D eigenvalue weighted by molar-refractivity contribution is 9.09. The fraction of sp³-hybridized carbons (Fsp3) is 0.812. The SMILES string of the molecule is C=C(C=O)[C@@H]1CC[C@]2(C(=O)OC)CC[C@]3(C)[C@H](CC[C@@H]4[C@@](C)(CC#N)[C@H](C(C)(C)C(=O)CBr)CC[C@]43C)[C@@H]12. The van der Waals surface area contributed by atoms with E-state index in [4.69, 9.17) is 4.74 Å². The van der Waals surface area contributed by atoms with Gasteiger partial charge in [0.2, 0.25) is 0 Å². The minimum Gasteiger partial charge on any atom is -0.469 e. The lowest BCUT2D eigenvalue weighted by Gasteiger charge is -2.71. The van der Waals surface area contributed by atoms with E-state index in [9.17, 15) is 19.6 Å². The largest absolute Gasteiger partial charge is 0.469 e. The van der Waals surface area contributed by atoms with Gasteiger partial charge in [0, 0.05) is 11.8 Å². The van der Waals surface area contributed by atoms with E-state index in [1.54, 1.807) is 0 Å². The predicted molar refractivity (Wildman–Crippen MR) is 151 cm³/mol. The normalized spacial score (nSPS) is 44.1. The van der Waals surface area contributed by atoms with Gasteiger partial charge in [0.15, 0.2) is 0 Å². The number of rotatable bonds is 7. The van der Waals surface area contributed by atoms with Gasteiger partial charge in [-0.25, -0.2) is 0 Å². The Morgan fingerprint density at radius 3 is 2.34 bits per heavy atom. The lowest BCUT2D eigenvalue weighted by molar-refractivity contribution is -0.228. The molecule has 0 aromatic rings. The zero-order valence-corrected chi connectivity index (χ0v) is 25.8. The van der Waals surface area contributed by atoms with Gasteiger partial charge in [-0.05, 0) is 103 Å². The molecule has 38 heavy (non-hydrogen) atoms. The number of fused-ring (bicyclic) bond motifs is 5. The number of carbonyl (C=O) groups excluding carboxylic acids is 3. The summed E-state index contributed by atoms with van der Waals surface area (Å²) in [5, 5.41) is 10.4. The Morgan fingerprint density at radius 2 is 1.76 bits per heavy atom. The first-order valence-corrected chi connectivity index (χ1v) is 15.6. The van der Waals surface area contributed by atoms with Crippen LogP contribution in [0.25, 0.3) is 0 Å². The van der Waals surface area contributed by atoms with Crippen LogP contribution in [0.1, 0.15) is 92.4 Å². The number of halogens is 1. The second-order valence-electron chi connectivity index (χ2n) is 14.3. The van der Waals surface area contributed by atoms with Crippen molar-refractivity contribution in [1.29, 1.82) is 5.26 Å². The first kappa shape index (κ1) is 29.5. The minimum atomic E-state index is -0.545. The maximum atomic E-state index is 13.4. The number of ether oxygens (including phenoxy) is 1. The summed E-state index contributed by atoms with van der Waals surface area (Å²) in [5.41, 5.74) is -0.811. The zero-order valence-electron chi connectivity index (χ0n) is 24.2. The van der Waals surface area contributed by atoms with Crippen molar-refractivity contribution >= 4 is 34.0 Å².